The van der Waals surface area contributed by atoms with Gasteiger partial charge in [0.05, 0.1) is 0 Å². The lowest BCUT2D eigenvalue weighted by atomic mass is 10.3. The third-order valence-electron chi connectivity index (χ3n) is 3.04. The zero-order chi connectivity index (χ0) is 16.3. The molecule has 0 aliphatic carbocycles. The molecule has 2 heterocycles. The van der Waals surface area contributed by atoms with E-state index in [2.05, 4.69) is 15.0 Å². The summed E-state index contributed by atoms with van der Waals surface area (Å²) in [6, 6.07) is 0. The van der Waals surface area contributed by atoms with E-state index in [1.54, 1.807) is 21.1 Å². The molecule has 22 heavy (non-hydrogen) atoms. The second kappa shape index (κ2) is 7.01. The summed E-state index contributed by atoms with van der Waals surface area (Å²) >= 11 is 2.71. The van der Waals surface area contributed by atoms with Crippen molar-refractivity contribution in [3.63, 3.8) is 0 Å². The van der Waals surface area contributed by atoms with E-state index in [-0.39, 0.29) is 18.2 Å². The van der Waals surface area contributed by atoms with Crippen LogP contribution >= 0.6 is 23.1 Å². The third kappa shape index (κ3) is 3.53. The SMILES string of the molecule is CSc1ncnc2sc(C(=O)N(C)CCC(=O)N(C)C)nc12. The number of nitrogens with zero attached hydrogens (tertiary/aromatic N) is 5. The first-order valence-corrected chi connectivity index (χ1v) is 8.59. The molecule has 118 valence electrons. The van der Waals surface area contributed by atoms with Gasteiger partial charge in [0.2, 0.25) is 5.91 Å². The van der Waals surface area contributed by atoms with Gasteiger partial charge in [0, 0.05) is 34.1 Å². The minimum Gasteiger partial charge on any atom is -0.349 e. The average molecular weight is 339 g/mol. The molecule has 9 heteroatoms. The highest BCUT2D eigenvalue weighted by molar-refractivity contribution is 7.98. The van der Waals surface area contributed by atoms with Crippen molar-refractivity contribution in [2.75, 3.05) is 33.9 Å². The van der Waals surface area contributed by atoms with Gasteiger partial charge in [-0.1, -0.05) is 11.3 Å². The van der Waals surface area contributed by atoms with Gasteiger partial charge in [0.15, 0.2) is 5.01 Å². The fraction of sp³-hybridized carbons (Fsp3) is 0.462. The summed E-state index contributed by atoms with van der Waals surface area (Å²) in [6.45, 7) is 0.354. The Bertz CT molecular complexity index is 701. The summed E-state index contributed by atoms with van der Waals surface area (Å²) in [5.74, 6) is -0.221. The van der Waals surface area contributed by atoms with Crippen LogP contribution in [0.1, 0.15) is 16.2 Å². The van der Waals surface area contributed by atoms with Gasteiger partial charge in [-0.2, -0.15) is 0 Å². The Morgan fingerprint density at radius 3 is 2.64 bits per heavy atom. The van der Waals surface area contributed by atoms with Crippen LogP contribution in [0.2, 0.25) is 0 Å². The highest BCUT2D eigenvalue weighted by Crippen LogP contribution is 2.26. The van der Waals surface area contributed by atoms with Gasteiger partial charge in [0.25, 0.3) is 5.91 Å². The minimum absolute atomic E-state index is 0.0144. The molecule has 2 rings (SSSR count). The predicted molar refractivity (Wildman–Crippen MR) is 87.3 cm³/mol. The summed E-state index contributed by atoms with van der Waals surface area (Å²) in [6.07, 6.45) is 3.66. The molecule has 0 aromatic carbocycles. The molecule has 0 bridgehead atoms. The second-order valence-corrected chi connectivity index (χ2v) is 6.59. The predicted octanol–water partition coefficient (Wildman–Crippen LogP) is 1.36. The molecule has 0 fully saturated rings. The van der Waals surface area contributed by atoms with Crippen molar-refractivity contribution in [3.8, 4) is 0 Å². The number of amides is 2. The number of carbonyl (C=O) groups is 2. The molecule has 2 aromatic heterocycles. The second-order valence-electron chi connectivity index (χ2n) is 4.82. The number of rotatable bonds is 5. The van der Waals surface area contributed by atoms with Crippen LogP contribution in [0.4, 0.5) is 0 Å². The monoisotopic (exact) mass is 339 g/mol. The van der Waals surface area contributed by atoms with Crippen LogP contribution in [0.3, 0.4) is 0 Å². The molecule has 2 aromatic rings. The Kier molecular flexibility index (Phi) is 5.30. The molecule has 2 amide bonds. The van der Waals surface area contributed by atoms with E-state index in [1.165, 1.54) is 39.2 Å². The summed E-state index contributed by atoms with van der Waals surface area (Å²) in [5, 5.41) is 1.12. The Balaban J connectivity index is 2.14. The molecule has 0 saturated heterocycles. The average Bonchev–Trinajstić information content (AvgIpc) is 2.95. The summed E-state index contributed by atoms with van der Waals surface area (Å²) < 4.78 is 0. The summed E-state index contributed by atoms with van der Waals surface area (Å²) in [4.78, 5) is 40.3. The van der Waals surface area contributed by atoms with Crippen LogP contribution in [0.15, 0.2) is 11.4 Å². The maximum Gasteiger partial charge on any atom is 0.282 e. The molecule has 0 aliphatic rings. The third-order valence-corrected chi connectivity index (χ3v) is 4.68. The smallest absolute Gasteiger partial charge is 0.282 e. The van der Waals surface area contributed by atoms with Gasteiger partial charge in [-0.05, 0) is 6.26 Å². The minimum atomic E-state index is -0.207. The van der Waals surface area contributed by atoms with Crippen LogP contribution < -0.4 is 0 Å². The first-order chi connectivity index (χ1) is 10.4. The maximum absolute atomic E-state index is 12.4. The van der Waals surface area contributed by atoms with E-state index in [9.17, 15) is 9.59 Å². The number of thioether (sulfide) groups is 1. The van der Waals surface area contributed by atoms with Crippen molar-refractivity contribution in [2.24, 2.45) is 0 Å². The summed E-state index contributed by atoms with van der Waals surface area (Å²) in [5.41, 5.74) is 0.654. The molecule has 0 saturated carbocycles. The fourth-order valence-electron chi connectivity index (χ4n) is 1.73. The van der Waals surface area contributed by atoms with Crippen molar-refractivity contribution in [1.82, 2.24) is 24.8 Å². The number of fused-ring (bicyclic) bond motifs is 1. The Morgan fingerprint density at radius 1 is 1.27 bits per heavy atom. The van der Waals surface area contributed by atoms with Crippen LogP contribution in [0.25, 0.3) is 10.3 Å². The number of thiazole rings is 1. The fourth-order valence-corrected chi connectivity index (χ4v) is 3.18. The van der Waals surface area contributed by atoms with Gasteiger partial charge in [-0.25, -0.2) is 15.0 Å². The molecule has 0 radical (unpaired) electrons. The van der Waals surface area contributed by atoms with Gasteiger partial charge < -0.3 is 9.80 Å². The van der Waals surface area contributed by atoms with Gasteiger partial charge >= 0.3 is 0 Å². The highest BCUT2D eigenvalue weighted by atomic mass is 32.2. The van der Waals surface area contributed by atoms with E-state index in [0.717, 1.165) is 5.03 Å². The van der Waals surface area contributed by atoms with Gasteiger partial charge in [-0.3, -0.25) is 9.59 Å². The van der Waals surface area contributed by atoms with Crippen molar-refractivity contribution in [2.45, 2.75) is 11.4 Å². The molecule has 0 aliphatic heterocycles. The van der Waals surface area contributed by atoms with E-state index < -0.39 is 0 Å². The number of carbonyl (C=O) groups excluding carboxylic acids is 2. The molecule has 0 unspecified atom stereocenters. The lowest BCUT2D eigenvalue weighted by Crippen LogP contribution is -2.32. The maximum atomic E-state index is 12.4. The van der Waals surface area contributed by atoms with E-state index in [0.29, 0.717) is 21.9 Å². The van der Waals surface area contributed by atoms with Crippen molar-refractivity contribution in [3.05, 3.63) is 11.3 Å². The first-order valence-electron chi connectivity index (χ1n) is 6.55. The summed E-state index contributed by atoms with van der Waals surface area (Å²) in [7, 11) is 5.05. The highest BCUT2D eigenvalue weighted by Gasteiger charge is 2.19. The van der Waals surface area contributed by atoms with Crippen LogP contribution in [-0.2, 0) is 4.79 Å². The van der Waals surface area contributed by atoms with E-state index >= 15 is 0 Å². The Labute approximate surface area is 136 Å². The standard InChI is InChI=1S/C13H17N5O2S2/c1-17(2)8(19)5-6-18(3)13(20)12-16-9-10(21-4)14-7-15-11(9)22-12/h7H,5-6H2,1-4H3. The zero-order valence-electron chi connectivity index (χ0n) is 12.9. The molecule has 0 spiro atoms. The van der Waals surface area contributed by atoms with Crippen LogP contribution in [0, 0.1) is 0 Å². The van der Waals surface area contributed by atoms with Crippen LogP contribution in [-0.4, -0.2) is 70.5 Å². The first kappa shape index (κ1) is 16.6. The lowest BCUT2D eigenvalue weighted by Gasteiger charge is -2.17. The van der Waals surface area contributed by atoms with Gasteiger partial charge in [-0.15, -0.1) is 11.8 Å². The van der Waals surface area contributed by atoms with E-state index in [1.807, 2.05) is 6.26 Å². The normalized spacial score (nSPS) is 10.7. The number of hydrogen-bond acceptors (Lipinski definition) is 7. The molecule has 7 nitrogen and oxygen atoms in total. The lowest BCUT2D eigenvalue weighted by molar-refractivity contribution is -0.128. The molecular weight excluding hydrogens is 322 g/mol. The van der Waals surface area contributed by atoms with Gasteiger partial charge in [0.1, 0.15) is 21.7 Å². The van der Waals surface area contributed by atoms with Crippen molar-refractivity contribution in [1.29, 1.82) is 0 Å². The Morgan fingerprint density at radius 2 is 2.00 bits per heavy atom. The van der Waals surface area contributed by atoms with Crippen molar-refractivity contribution >= 4 is 45.3 Å². The molecule has 0 N–H and O–H groups in total. The molecular formula is C13H17N5O2S2. The Hall–Kier alpha value is -1.74. The number of aromatic nitrogens is 3. The van der Waals surface area contributed by atoms with E-state index in [4.69, 9.17) is 0 Å². The molecule has 0 atom stereocenters. The number of hydrogen-bond donors (Lipinski definition) is 0. The zero-order valence-corrected chi connectivity index (χ0v) is 14.5. The topological polar surface area (TPSA) is 79.3 Å². The quantitative estimate of drug-likeness (QED) is 0.604. The van der Waals surface area contributed by atoms with Crippen LogP contribution in [0.5, 0.6) is 0 Å². The largest absolute Gasteiger partial charge is 0.349 e. The van der Waals surface area contributed by atoms with Crippen molar-refractivity contribution < 1.29 is 9.59 Å².